The van der Waals surface area contributed by atoms with E-state index in [9.17, 15) is 18.8 Å². The topological polar surface area (TPSA) is 78.5 Å². The van der Waals surface area contributed by atoms with Gasteiger partial charge in [0.15, 0.2) is 0 Å². The van der Waals surface area contributed by atoms with E-state index in [2.05, 4.69) is 10.6 Å². The first-order valence-corrected chi connectivity index (χ1v) is 9.62. The van der Waals surface area contributed by atoms with E-state index in [1.807, 2.05) is 30.3 Å². The highest BCUT2D eigenvalue weighted by atomic mass is 19.1. The Morgan fingerprint density at radius 3 is 2.48 bits per heavy atom. The van der Waals surface area contributed by atoms with Gasteiger partial charge < -0.3 is 15.5 Å². The van der Waals surface area contributed by atoms with Crippen molar-refractivity contribution in [3.05, 3.63) is 71.5 Å². The van der Waals surface area contributed by atoms with Crippen molar-refractivity contribution in [2.75, 3.05) is 19.6 Å². The molecule has 2 aromatic rings. The lowest BCUT2D eigenvalue weighted by Gasteiger charge is -2.16. The molecule has 1 heterocycles. The molecule has 0 aliphatic carbocycles. The average Bonchev–Trinajstić information content (AvgIpc) is 3.06. The Kier molecular flexibility index (Phi) is 6.94. The fourth-order valence-corrected chi connectivity index (χ4v) is 3.33. The maximum atomic E-state index is 13.1. The predicted molar refractivity (Wildman–Crippen MR) is 106 cm³/mol. The molecule has 1 aliphatic rings. The standard InChI is InChI=1S/C22H24FN3O3/c23-19-8-4-7-17(11-19)12-20(27)24-9-10-25-22(29)18-13-21(28)26(15-18)14-16-5-2-1-3-6-16/h1-8,11,18H,9-10,12-15H2,(H,24,27)(H,25,29). The molecule has 0 aromatic heterocycles. The molecule has 7 heteroatoms. The van der Waals surface area contributed by atoms with Gasteiger partial charge in [-0.3, -0.25) is 14.4 Å². The third-order valence-corrected chi connectivity index (χ3v) is 4.80. The van der Waals surface area contributed by atoms with E-state index in [4.69, 9.17) is 0 Å². The SMILES string of the molecule is O=C(Cc1cccc(F)c1)NCCNC(=O)C1CC(=O)N(Cc2ccccc2)C1. The third kappa shape index (κ3) is 6.14. The van der Waals surface area contributed by atoms with Crippen LogP contribution in [-0.2, 0) is 27.3 Å². The number of halogens is 1. The van der Waals surface area contributed by atoms with Crippen molar-refractivity contribution in [2.24, 2.45) is 5.92 Å². The van der Waals surface area contributed by atoms with Crippen LogP contribution in [0.15, 0.2) is 54.6 Å². The summed E-state index contributed by atoms with van der Waals surface area (Å²) in [5.41, 5.74) is 1.62. The van der Waals surface area contributed by atoms with Crippen molar-refractivity contribution >= 4 is 17.7 Å². The lowest BCUT2D eigenvalue weighted by molar-refractivity contribution is -0.129. The van der Waals surface area contributed by atoms with E-state index >= 15 is 0 Å². The Morgan fingerprint density at radius 1 is 1.00 bits per heavy atom. The maximum absolute atomic E-state index is 13.1. The van der Waals surface area contributed by atoms with Crippen molar-refractivity contribution in [3.8, 4) is 0 Å². The smallest absolute Gasteiger partial charge is 0.225 e. The maximum Gasteiger partial charge on any atom is 0.225 e. The van der Waals surface area contributed by atoms with Crippen molar-refractivity contribution < 1.29 is 18.8 Å². The van der Waals surface area contributed by atoms with Crippen LogP contribution < -0.4 is 10.6 Å². The minimum atomic E-state index is -0.380. The Balaban J connectivity index is 1.36. The summed E-state index contributed by atoms with van der Waals surface area (Å²) >= 11 is 0. The lowest BCUT2D eigenvalue weighted by Crippen LogP contribution is -2.38. The molecule has 0 spiro atoms. The number of nitrogens with one attached hydrogen (secondary N) is 2. The number of hydrogen-bond donors (Lipinski definition) is 2. The number of benzene rings is 2. The summed E-state index contributed by atoms with van der Waals surface area (Å²) in [6.45, 7) is 1.44. The third-order valence-electron chi connectivity index (χ3n) is 4.80. The Hall–Kier alpha value is -3.22. The van der Waals surface area contributed by atoms with Crippen LogP contribution in [-0.4, -0.2) is 42.3 Å². The van der Waals surface area contributed by atoms with E-state index in [0.717, 1.165) is 5.56 Å². The van der Waals surface area contributed by atoms with E-state index < -0.39 is 0 Å². The van der Waals surface area contributed by atoms with Crippen molar-refractivity contribution in [2.45, 2.75) is 19.4 Å². The Morgan fingerprint density at radius 2 is 1.72 bits per heavy atom. The molecule has 3 rings (SSSR count). The van der Waals surface area contributed by atoms with Gasteiger partial charge in [-0.2, -0.15) is 0 Å². The van der Waals surface area contributed by atoms with E-state index in [1.54, 1.807) is 17.0 Å². The van der Waals surface area contributed by atoms with Crippen LogP contribution in [0.5, 0.6) is 0 Å². The second kappa shape index (κ2) is 9.82. The first-order chi connectivity index (χ1) is 14.0. The Bertz CT molecular complexity index is 873. The molecule has 3 amide bonds. The summed E-state index contributed by atoms with van der Waals surface area (Å²) in [5.74, 6) is -1.22. The molecule has 2 N–H and O–H groups in total. The summed E-state index contributed by atoms with van der Waals surface area (Å²) in [6.07, 6.45) is 0.280. The highest BCUT2D eigenvalue weighted by Crippen LogP contribution is 2.20. The first-order valence-electron chi connectivity index (χ1n) is 9.62. The lowest BCUT2D eigenvalue weighted by atomic mass is 10.1. The van der Waals surface area contributed by atoms with Crippen molar-refractivity contribution in [1.29, 1.82) is 0 Å². The summed E-state index contributed by atoms with van der Waals surface area (Å²) in [7, 11) is 0. The zero-order chi connectivity index (χ0) is 20.6. The highest BCUT2D eigenvalue weighted by Gasteiger charge is 2.33. The summed E-state index contributed by atoms with van der Waals surface area (Å²) in [4.78, 5) is 38.1. The average molecular weight is 397 g/mol. The predicted octanol–water partition coefficient (Wildman–Crippen LogP) is 1.65. The second-order valence-corrected chi connectivity index (χ2v) is 7.11. The van der Waals surface area contributed by atoms with Gasteiger partial charge in [0.25, 0.3) is 0 Å². The zero-order valence-corrected chi connectivity index (χ0v) is 16.1. The number of rotatable bonds is 8. The van der Waals surface area contributed by atoms with E-state index in [0.29, 0.717) is 18.7 Å². The largest absolute Gasteiger partial charge is 0.354 e. The minimum Gasteiger partial charge on any atom is -0.354 e. The van der Waals surface area contributed by atoms with Crippen LogP contribution in [0.3, 0.4) is 0 Å². The highest BCUT2D eigenvalue weighted by molar-refractivity contribution is 5.89. The van der Waals surface area contributed by atoms with Gasteiger partial charge in [-0.25, -0.2) is 4.39 Å². The molecule has 152 valence electrons. The molecule has 1 fully saturated rings. The van der Waals surface area contributed by atoms with Crippen LogP contribution in [0.25, 0.3) is 0 Å². The number of hydrogen-bond acceptors (Lipinski definition) is 3. The van der Waals surface area contributed by atoms with Gasteiger partial charge in [0.05, 0.1) is 12.3 Å². The van der Waals surface area contributed by atoms with Gasteiger partial charge in [-0.1, -0.05) is 42.5 Å². The van der Waals surface area contributed by atoms with Crippen LogP contribution in [0.4, 0.5) is 4.39 Å². The summed E-state index contributed by atoms with van der Waals surface area (Å²) < 4.78 is 13.1. The molecule has 29 heavy (non-hydrogen) atoms. The molecule has 0 bridgehead atoms. The quantitative estimate of drug-likeness (QED) is 0.665. The van der Waals surface area contributed by atoms with Gasteiger partial charge in [-0.15, -0.1) is 0 Å². The molecule has 1 saturated heterocycles. The fraction of sp³-hybridized carbons (Fsp3) is 0.318. The number of carbonyl (C=O) groups is 3. The molecule has 2 aromatic carbocycles. The van der Waals surface area contributed by atoms with Gasteiger partial charge in [0.2, 0.25) is 17.7 Å². The van der Waals surface area contributed by atoms with Gasteiger partial charge >= 0.3 is 0 Å². The molecule has 1 atom stereocenters. The van der Waals surface area contributed by atoms with Crippen LogP contribution in [0.2, 0.25) is 0 Å². The zero-order valence-electron chi connectivity index (χ0n) is 16.1. The summed E-state index contributed by atoms with van der Waals surface area (Å²) in [6, 6.07) is 15.5. The molecule has 1 unspecified atom stereocenters. The van der Waals surface area contributed by atoms with E-state index in [-0.39, 0.29) is 55.4 Å². The van der Waals surface area contributed by atoms with Crippen LogP contribution >= 0.6 is 0 Å². The molecule has 0 radical (unpaired) electrons. The van der Waals surface area contributed by atoms with Crippen molar-refractivity contribution in [3.63, 3.8) is 0 Å². The fourth-order valence-electron chi connectivity index (χ4n) is 3.33. The van der Waals surface area contributed by atoms with Crippen molar-refractivity contribution in [1.82, 2.24) is 15.5 Å². The first kappa shape index (κ1) is 20.5. The van der Waals surface area contributed by atoms with Crippen LogP contribution in [0, 0.1) is 11.7 Å². The van der Waals surface area contributed by atoms with Gasteiger partial charge in [0, 0.05) is 32.6 Å². The number of amides is 3. The number of nitrogens with zero attached hydrogens (tertiary/aromatic N) is 1. The monoisotopic (exact) mass is 397 g/mol. The Labute approximate surface area is 169 Å². The van der Waals surface area contributed by atoms with E-state index in [1.165, 1.54) is 12.1 Å². The van der Waals surface area contributed by atoms with Crippen LogP contribution in [0.1, 0.15) is 17.5 Å². The summed E-state index contributed by atoms with van der Waals surface area (Å²) in [5, 5.41) is 5.46. The minimum absolute atomic E-state index is 0.0302. The normalized spacial score (nSPS) is 16.0. The molecule has 1 aliphatic heterocycles. The molecule has 6 nitrogen and oxygen atoms in total. The number of carbonyl (C=O) groups excluding carboxylic acids is 3. The molecule has 0 saturated carbocycles. The molecular weight excluding hydrogens is 373 g/mol. The second-order valence-electron chi connectivity index (χ2n) is 7.11. The van der Waals surface area contributed by atoms with Gasteiger partial charge in [-0.05, 0) is 23.3 Å². The molecular formula is C22H24FN3O3. The number of likely N-dealkylation sites (tertiary alicyclic amines) is 1. The van der Waals surface area contributed by atoms with Gasteiger partial charge in [0.1, 0.15) is 5.82 Å².